The van der Waals surface area contributed by atoms with Crippen LogP contribution >= 0.6 is 0 Å². The first kappa shape index (κ1) is 10.3. The molecule has 0 aliphatic rings. The molecule has 0 aromatic heterocycles. The number of Topliss-reactive ketones (excluding diaryl/α,β-unsaturated/α-hetero) is 1. The van der Waals surface area contributed by atoms with Crippen LogP contribution in [0.3, 0.4) is 0 Å². The van der Waals surface area contributed by atoms with Crippen LogP contribution in [0.15, 0.2) is 12.2 Å². The van der Waals surface area contributed by atoms with E-state index in [0.717, 1.165) is 0 Å². The van der Waals surface area contributed by atoms with Crippen LogP contribution in [0.2, 0.25) is 0 Å². The molecule has 0 bridgehead atoms. The van der Waals surface area contributed by atoms with E-state index in [1.54, 1.807) is 21.0 Å². The van der Waals surface area contributed by atoms with Crippen molar-refractivity contribution in [3.63, 3.8) is 0 Å². The van der Waals surface area contributed by atoms with Gasteiger partial charge >= 0.3 is 0 Å². The molecule has 0 saturated carbocycles. The maximum absolute atomic E-state index is 11.2. The fourth-order valence-corrected chi connectivity index (χ4v) is 0.607. The highest BCUT2D eigenvalue weighted by molar-refractivity contribution is 5.99. The van der Waals surface area contributed by atoms with E-state index >= 15 is 0 Å². The maximum Gasteiger partial charge on any atom is 0.204 e. The summed E-state index contributed by atoms with van der Waals surface area (Å²) in [6.45, 7) is 6.50. The number of ketones is 1. The van der Waals surface area contributed by atoms with Crippen LogP contribution in [0, 0.1) is 0 Å². The van der Waals surface area contributed by atoms with Gasteiger partial charge in [-0.3, -0.25) is 9.69 Å². The summed E-state index contributed by atoms with van der Waals surface area (Å²) >= 11 is 0. The number of aliphatic hydroxyl groups is 1. The molecule has 1 atom stereocenters. The Morgan fingerprint density at radius 2 is 1.91 bits per heavy atom. The molecular formula is C8H15NO2. The second-order valence-electron chi connectivity index (χ2n) is 3.02. The van der Waals surface area contributed by atoms with Gasteiger partial charge in [0.2, 0.25) is 5.78 Å². The predicted octanol–water partition coefficient (Wildman–Crippen LogP) is 0.402. The lowest BCUT2D eigenvalue weighted by atomic mass is 10.0. The standard InChI is InChI=1S/C8H15NO2/c1-6(2)7(10)8(3,11)9(4)5/h11H,1H2,2-5H3. The second kappa shape index (κ2) is 3.15. The van der Waals surface area contributed by atoms with Crippen molar-refractivity contribution in [3.8, 4) is 0 Å². The van der Waals surface area contributed by atoms with Crippen molar-refractivity contribution in [1.29, 1.82) is 0 Å². The summed E-state index contributed by atoms with van der Waals surface area (Å²) in [5.41, 5.74) is -1.06. The van der Waals surface area contributed by atoms with Crippen LogP contribution < -0.4 is 0 Å². The molecule has 0 amide bonds. The van der Waals surface area contributed by atoms with E-state index in [-0.39, 0.29) is 5.78 Å². The van der Waals surface area contributed by atoms with Gasteiger partial charge in [0.15, 0.2) is 5.72 Å². The first-order valence-corrected chi connectivity index (χ1v) is 3.40. The Morgan fingerprint density at radius 3 is 2.00 bits per heavy atom. The highest BCUT2D eigenvalue weighted by atomic mass is 16.3. The monoisotopic (exact) mass is 157 g/mol. The van der Waals surface area contributed by atoms with Gasteiger partial charge in [0.05, 0.1) is 0 Å². The van der Waals surface area contributed by atoms with E-state index in [1.165, 1.54) is 11.8 Å². The molecular weight excluding hydrogens is 142 g/mol. The lowest BCUT2D eigenvalue weighted by molar-refractivity contribution is -0.147. The van der Waals surface area contributed by atoms with Crippen LogP contribution in [0.5, 0.6) is 0 Å². The number of carbonyl (C=O) groups is 1. The number of carbonyl (C=O) groups excluding carboxylic acids is 1. The summed E-state index contributed by atoms with van der Waals surface area (Å²) in [6.07, 6.45) is 0. The van der Waals surface area contributed by atoms with E-state index in [4.69, 9.17) is 0 Å². The molecule has 1 unspecified atom stereocenters. The van der Waals surface area contributed by atoms with Crippen LogP contribution in [-0.2, 0) is 4.79 Å². The smallest absolute Gasteiger partial charge is 0.204 e. The zero-order chi connectivity index (χ0) is 9.23. The van der Waals surface area contributed by atoms with E-state index in [2.05, 4.69) is 6.58 Å². The quantitative estimate of drug-likeness (QED) is 0.476. The number of nitrogens with zero attached hydrogens (tertiary/aromatic N) is 1. The van der Waals surface area contributed by atoms with Crippen molar-refractivity contribution in [2.45, 2.75) is 19.6 Å². The Bertz CT molecular complexity index is 183. The van der Waals surface area contributed by atoms with Crippen molar-refractivity contribution in [3.05, 3.63) is 12.2 Å². The molecule has 64 valence electrons. The Hall–Kier alpha value is -0.670. The summed E-state index contributed by atoms with van der Waals surface area (Å²) in [4.78, 5) is 12.7. The van der Waals surface area contributed by atoms with E-state index < -0.39 is 5.72 Å². The lowest BCUT2D eigenvalue weighted by Crippen LogP contribution is -2.48. The molecule has 1 N–H and O–H groups in total. The van der Waals surface area contributed by atoms with Gasteiger partial charge in [-0.1, -0.05) is 6.58 Å². The zero-order valence-corrected chi connectivity index (χ0v) is 7.51. The minimum Gasteiger partial charge on any atom is -0.369 e. The van der Waals surface area contributed by atoms with Crippen LogP contribution in [0.25, 0.3) is 0 Å². The van der Waals surface area contributed by atoms with Gasteiger partial charge in [0.1, 0.15) is 0 Å². The third-order valence-electron chi connectivity index (χ3n) is 1.69. The summed E-state index contributed by atoms with van der Waals surface area (Å²) in [5, 5.41) is 9.55. The van der Waals surface area contributed by atoms with Gasteiger partial charge in [0, 0.05) is 0 Å². The van der Waals surface area contributed by atoms with Crippen molar-refractivity contribution in [2.24, 2.45) is 0 Å². The summed E-state index contributed by atoms with van der Waals surface area (Å²) in [5.74, 6) is -0.345. The third-order valence-corrected chi connectivity index (χ3v) is 1.69. The molecule has 3 nitrogen and oxygen atoms in total. The number of hydrogen-bond donors (Lipinski definition) is 1. The SMILES string of the molecule is C=C(C)C(=O)C(C)(O)N(C)C. The van der Waals surface area contributed by atoms with Gasteiger partial charge in [-0.25, -0.2) is 0 Å². The number of rotatable bonds is 3. The number of hydrogen-bond acceptors (Lipinski definition) is 3. The minimum atomic E-state index is -1.42. The van der Waals surface area contributed by atoms with Gasteiger partial charge in [-0.05, 0) is 33.5 Å². The molecule has 0 fully saturated rings. The molecule has 0 aromatic carbocycles. The molecule has 0 radical (unpaired) electrons. The highest BCUT2D eigenvalue weighted by Gasteiger charge is 2.32. The highest BCUT2D eigenvalue weighted by Crippen LogP contribution is 2.12. The molecule has 0 spiro atoms. The molecule has 3 heteroatoms. The maximum atomic E-state index is 11.2. The van der Waals surface area contributed by atoms with Crippen molar-refractivity contribution in [2.75, 3.05) is 14.1 Å². The summed E-state index contributed by atoms with van der Waals surface area (Å²) in [6, 6.07) is 0. The molecule has 0 heterocycles. The van der Waals surface area contributed by atoms with Crippen LogP contribution in [-0.4, -0.2) is 35.6 Å². The molecule has 0 aliphatic heterocycles. The minimum absolute atomic E-state index is 0.345. The average Bonchev–Trinajstić information content (AvgIpc) is 1.85. The average molecular weight is 157 g/mol. The molecule has 0 rings (SSSR count). The van der Waals surface area contributed by atoms with Crippen molar-refractivity contribution >= 4 is 5.78 Å². The van der Waals surface area contributed by atoms with Crippen molar-refractivity contribution < 1.29 is 9.90 Å². The molecule has 0 aliphatic carbocycles. The van der Waals surface area contributed by atoms with Gasteiger partial charge in [-0.15, -0.1) is 0 Å². The second-order valence-corrected chi connectivity index (χ2v) is 3.02. The van der Waals surface area contributed by atoms with E-state index in [9.17, 15) is 9.90 Å². The van der Waals surface area contributed by atoms with E-state index in [0.29, 0.717) is 5.57 Å². The Balaban J connectivity index is 4.56. The summed E-state index contributed by atoms with van der Waals surface area (Å²) in [7, 11) is 3.28. The fourth-order valence-electron chi connectivity index (χ4n) is 0.607. The first-order valence-electron chi connectivity index (χ1n) is 3.40. The lowest BCUT2D eigenvalue weighted by Gasteiger charge is -2.28. The van der Waals surface area contributed by atoms with Gasteiger partial charge in [-0.2, -0.15) is 0 Å². The predicted molar refractivity (Wildman–Crippen MR) is 44.1 cm³/mol. The third kappa shape index (κ3) is 2.13. The Labute approximate surface area is 67.3 Å². The summed E-state index contributed by atoms with van der Waals surface area (Å²) < 4.78 is 0. The zero-order valence-electron chi connectivity index (χ0n) is 7.51. The van der Waals surface area contributed by atoms with Gasteiger partial charge in [0.25, 0.3) is 0 Å². The molecule has 0 aromatic rings. The Kier molecular flexibility index (Phi) is 2.96. The Morgan fingerprint density at radius 1 is 1.55 bits per heavy atom. The van der Waals surface area contributed by atoms with Crippen molar-refractivity contribution in [1.82, 2.24) is 4.90 Å². The van der Waals surface area contributed by atoms with Crippen LogP contribution in [0.1, 0.15) is 13.8 Å². The molecule has 11 heavy (non-hydrogen) atoms. The molecule has 0 saturated heterocycles. The fraction of sp³-hybridized carbons (Fsp3) is 0.625. The van der Waals surface area contributed by atoms with E-state index in [1.807, 2.05) is 0 Å². The van der Waals surface area contributed by atoms with Crippen LogP contribution in [0.4, 0.5) is 0 Å². The largest absolute Gasteiger partial charge is 0.369 e. The van der Waals surface area contributed by atoms with Gasteiger partial charge < -0.3 is 5.11 Å². The first-order chi connectivity index (χ1) is 4.80. The topological polar surface area (TPSA) is 40.5 Å². The number of likely N-dealkylation sites (N-methyl/N-ethyl adjacent to an activating group) is 1. The normalized spacial score (nSPS) is 16.2.